The second kappa shape index (κ2) is 6.05. The highest BCUT2D eigenvalue weighted by Gasteiger charge is 2.27. The molecule has 4 rings (SSSR count). The number of carbonyl (C=O) groups is 1. The van der Waals surface area contributed by atoms with E-state index in [2.05, 4.69) is 26.1 Å². The van der Waals surface area contributed by atoms with E-state index in [0.29, 0.717) is 27.1 Å². The van der Waals surface area contributed by atoms with Gasteiger partial charge >= 0.3 is 5.97 Å². The van der Waals surface area contributed by atoms with Crippen LogP contribution in [0.15, 0.2) is 34.8 Å². The lowest BCUT2D eigenvalue weighted by atomic mass is 9.97. The first-order chi connectivity index (χ1) is 12.0. The number of nitrogens with zero attached hydrogens (tertiary/aromatic N) is 1. The van der Waals surface area contributed by atoms with E-state index in [0.717, 1.165) is 21.2 Å². The molecule has 0 spiro atoms. The van der Waals surface area contributed by atoms with Gasteiger partial charge in [0.1, 0.15) is 12.4 Å². The van der Waals surface area contributed by atoms with Crippen LogP contribution in [0.1, 0.15) is 16.1 Å². The van der Waals surface area contributed by atoms with E-state index in [1.54, 1.807) is 12.1 Å². The van der Waals surface area contributed by atoms with Gasteiger partial charge < -0.3 is 9.84 Å². The molecule has 2 heterocycles. The highest BCUT2D eigenvalue weighted by Crippen LogP contribution is 2.44. The molecule has 126 valence electrons. The van der Waals surface area contributed by atoms with Crippen LogP contribution in [0.2, 0.25) is 10.0 Å². The minimum Gasteiger partial charge on any atom is -0.488 e. The monoisotopic (exact) mass is 438 g/mol. The van der Waals surface area contributed by atoms with Gasteiger partial charge in [-0.3, -0.25) is 5.10 Å². The van der Waals surface area contributed by atoms with Crippen molar-refractivity contribution in [2.24, 2.45) is 0 Å². The topological polar surface area (TPSA) is 75.2 Å². The van der Waals surface area contributed by atoms with Gasteiger partial charge in [0.05, 0.1) is 11.3 Å². The maximum Gasteiger partial charge on any atom is 0.356 e. The van der Waals surface area contributed by atoms with E-state index in [1.807, 2.05) is 18.2 Å². The molecule has 0 fully saturated rings. The summed E-state index contributed by atoms with van der Waals surface area (Å²) in [5, 5.41) is 17.0. The van der Waals surface area contributed by atoms with Crippen molar-refractivity contribution in [3.8, 4) is 28.1 Å². The summed E-state index contributed by atoms with van der Waals surface area (Å²) in [4.78, 5) is 11.3. The SMILES string of the molecule is O=C(O)c1n[nH]c2c1COc1cc(Br)c(-c3ccc(Cl)cc3Cl)cc1-2. The minimum absolute atomic E-state index is 0.0327. The molecule has 2 N–H and O–H groups in total. The predicted octanol–water partition coefficient (Wildman–Crippen LogP) is 5.40. The Labute approximate surface area is 160 Å². The van der Waals surface area contributed by atoms with Crippen molar-refractivity contribution in [1.82, 2.24) is 10.2 Å². The fourth-order valence-corrected chi connectivity index (χ4v) is 3.89. The van der Waals surface area contributed by atoms with E-state index in [1.165, 1.54) is 0 Å². The van der Waals surface area contributed by atoms with Crippen LogP contribution < -0.4 is 4.74 Å². The number of halogens is 3. The second-order valence-electron chi connectivity index (χ2n) is 5.47. The maximum absolute atomic E-state index is 11.3. The Morgan fingerprint density at radius 3 is 2.72 bits per heavy atom. The average molecular weight is 440 g/mol. The van der Waals surface area contributed by atoms with Gasteiger partial charge in [-0.25, -0.2) is 4.79 Å². The molecule has 0 atom stereocenters. The largest absolute Gasteiger partial charge is 0.488 e. The Balaban J connectivity index is 1.92. The summed E-state index contributed by atoms with van der Waals surface area (Å²) >= 11 is 15.8. The van der Waals surface area contributed by atoms with E-state index in [-0.39, 0.29) is 12.3 Å². The molecule has 25 heavy (non-hydrogen) atoms. The molecule has 0 amide bonds. The molecular weight excluding hydrogens is 431 g/mol. The molecule has 8 heteroatoms. The zero-order valence-corrected chi connectivity index (χ0v) is 15.5. The second-order valence-corrected chi connectivity index (χ2v) is 7.17. The van der Waals surface area contributed by atoms with Crippen molar-refractivity contribution < 1.29 is 14.6 Å². The Kier molecular flexibility index (Phi) is 3.98. The molecule has 0 bridgehead atoms. The Morgan fingerprint density at radius 2 is 2.00 bits per heavy atom. The van der Waals surface area contributed by atoms with Crippen molar-refractivity contribution in [2.75, 3.05) is 0 Å². The third-order valence-corrected chi connectivity index (χ3v) is 5.21. The van der Waals surface area contributed by atoms with Crippen LogP contribution in [-0.2, 0) is 6.61 Å². The van der Waals surface area contributed by atoms with E-state index >= 15 is 0 Å². The molecule has 1 aliphatic rings. The highest BCUT2D eigenvalue weighted by molar-refractivity contribution is 9.10. The molecule has 1 aromatic heterocycles. The van der Waals surface area contributed by atoms with Crippen molar-refractivity contribution in [3.05, 3.63) is 56.1 Å². The molecule has 0 saturated carbocycles. The fraction of sp³-hybridized carbons (Fsp3) is 0.0588. The third kappa shape index (κ3) is 2.70. The molecular formula is C17H9BrCl2N2O3. The van der Waals surface area contributed by atoms with Gasteiger partial charge in [0.15, 0.2) is 5.69 Å². The van der Waals surface area contributed by atoms with Crippen LogP contribution in [0, 0.1) is 0 Å². The van der Waals surface area contributed by atoms with Crippen LogP contribution in [0.25, 0.3) is 22.4 Å². The summed E-state index contributed by atoms with van der Waals surface area (Å²) in [6, 6.07) is 8.98. The summed E-state index contributed by atoms with van der Waals surface area (Å²) in [5.41, 5.74) is 3.49. The van der Waals surface area contributed by atoms with Gasteiger partial charge in [-0.1, -0.05) is 45.2 Å². The zero-order chi connectivity index (χ0) is 17.7. The summed E-state index contributed by atoms with van der Waals surface area (Å²) in [7, 11) is 0. The molecule has 0 unspecified atom stereocenters. The molecule has 3 aromatic rings. The summed E-state index contributed by atoms with van der Waals surface area (Å²) in [6.45, 7) is 0.147. The molecule has 1 aliphatic heterocycles. The van der Waals surface area contributed by atoms with E-state index in [4.69, 9.17) is 27.9 Å². The number of benzene rings is 2. The first-order valence-electron chi connectivity index (χ1n) is 7.18. The number of carboxylic acid groups (broad SMARTS) is 1. The number of hydrogen-bond donors (Lipinski definition) is 2. The van der Waals surface area contributed by atoms with Gasteiger partial charge in [0.25, 0.3) is 0 Å². The standard InChI is InChI=1S/C17H9BrCl2N2O3/c18-12-5-14-10(4-9(12)8-2-1-7(19)3-13(8)20)15-11(6-25-14)16(17(23)24)22-21-15/h1-5H,6H2,(H,21,22)(H,23,24). The summed E-state index contributed by atoms with van der Waals surface area (Å²) in [6.07, 6.45) is 0. The smallest absolute Gasteiger partial charge is 0.356 e. The van der Waals surface area contributed by atoms with E-state index in [9.17, 15) is 9.90 Å². The Hall–Kier alpha value is -2.02. The van der Waals surface area contributed by atoms with Gasteiger partial charge in [-0.15, -0.1) is 0 Å². The number of aromatic nitrogens is 2. The average Bonchev–Trinajstić information content (AvgIpc) is 2.99. The van der Waals surface area contributed by atoms with Crippen molar-refractivity contribution in [1.29, 1.82) is 0 Å². The normalized spacial score (nSPS) is 12.3. The van der Waals surface area contributed by atoms with Crippen LogP contribution in [-0.4, -0.2) is 21.3 Å². The van der Waals surface area contributed by atoms with Gasteiger partial charge in [-0.05, 0) is 29.8 Å². The number of hydrogen-bond acceptors (Lipinski definition) is 3. The van der Waals surface area contributed by atoms with Crippen LogP contribution in [0.5, 0.6) is 5.75 Å². The molecule has 0 aliphatic carbocycles. The lowest BCUT2D eigenvalue weighted by molar-refractivity contribution is 0.0687. The number of aromatic amines is 1. The maximum atomic E-state index is 11.3. The summed E-state index contributed by atoms with van der Waals surface area (Å²) in [5.74, 6) is -0.462. The Morgan fingerprint density at radius 1 is 1.20 bits per heavy atom. The van der Waals surface area contributed by atoms with Crippen molar-refractivity contribution in [2.45, 2.75) is 6.61 Å². The minimum atomic E-state index is -1.09. The number of carboxylic acids is 1. The van der Waals surface area contributed by atoms with Gasteiger partial charge in [-0.2, -0.15) is 5.10 Å². The summed E-state index contributed by atoms with van der Waals surface area (Å²) < 4.78 is 6.52. The van der Waals surface area contributed by atoms with Gasteiger partial charge in [0, 0.05) is 25.6 Å². The number of aromatic carboxylic acids is 1. The van der Waals surface area contributed by atoms with Crippen molar-refractivity contribution in [3.63, 3.8) is 0 Å². The third-order valence-electron chi connectivity index (χ3n) is 4.00. The quantitative estimate of drug-likeness (QED) is 0.560. The van der Waals surface area contributed by atoms with Crippen LogP contribution in [0.3, 0.4) is 0 Å². The highest BCUT2D eigenvalue weighted by atomic mass is 79.9. The molecule has 0 radical (unpaired) electrons. The molecule has 2 aromatic carbocycles. The molecule has 0 saturated heterocycles. The lowest BCUT2D eigenvalue weighted by Gasteiger charge is -2.20. The number of nitrogens with one attached hydrogen (secondary N) is 1. The predicted molar refractivity (Wildman–Crippen MR) is 98.5 cm³/mol. The van der Waals surface area contributed by atoms with Crippen molar-refractivity contribution >= 4 is 45.1 Å². The van der Waals surface area contributed by atoms with Gasteiger partial charge in [0.2, 0.25) is 0 Å². The van der Waals surface area contributed by atoms with Crippen LogP contribution in [0.4, 0.5) is 0 Å². The number of fused-ring (bicyclic) bond motifs is 3. The Bertz CT molecular complexity index is 1030. The number of rotatable bonds is 2. The fourth-order valence-electron chi connectivity index (χ4n) is 2.84. The zero-order valence-electron chi connectivity index (χ0n) is 12.4. The van der Waals surface area contributed by atoms with Crippen LogP contribution >= 0.6 is 39.1 Å². The number of H-pyrrole nitrogens is 1. The number of ether oxygens (including phenoxy) is 1. The lowest BCUT2D eigenvalue weighted by Crippen LogP contribution is -2.09. The first kappa shape index (κ1) is 16.4. The van der Waals surface area contributed by atoms with E-state index < -0.39 is 5.97 Å². The first-order valence-corrected chi connectivity index (χ1v) is 8.73. The molecule has 5 nitrogen and oxygen atoms in total.